The Kier molecular flexibility index (Phi) is 2.59. The summed E-state index contributed by atoms with van der Waals surface area (Å²) < 4.78 is 0. The van der Waals surface area contributed by atoms with Gasteiger partial charge in [0, 0.05) is 17.2 Å². The Bertz CT molecular complexity index is 662. The van der Waals surface area contributed by atoms with Crippen LogP contribution in [0.1, 0.15) is 41.5 Å². The highest BCUT2D eigenvalue weighted by molar-refractivity contribution is 5.89. The number of benzene rings is 1. The molecule has 0 saturated heterocycles. The zero-order chi connectivity index (χ0) is 13.7. The molecule has 2 nitrogen and oxygen atoms in total. The molecule has 0 aromatic heterocycles. The normalized spacial score (nSPS) is 19.9. The molecule has 1 aromatic rings. The molecule has 2 heteroatoms. The van der Waals surface area contributed by atoms with Gasteiger partial charge in [-0.3, -0.25) is 4.79 Å². The van der Waals surface area contributed by atoms with E-state index in [4.69, 9.17) is 0 Å². The Morgan fingerprint density at radius 3 is 2.90 bits per heavy atom. The second-order valence-corrected chi connectivity index (χ2v) is 6.16. The maximum atomic E-state index is 12.0. The van der Waals surface area contributed by atoms with E-state index in [1.54, 1.807) is 0 Å². The van der Waals surface area contributed by atoms with Crippen molar-refractivity contribution in [1.82, 2.24) is 5.32 Å². The van der Waals surface area contributed by atoms with Crippen LogP contribution < -0.4 is 5.32 Å². The molecule has 0 spiro atoms. The number of hydrogen-bond donors (Lipinski definition) is 1. The van der Waals surface area contributed by atoms with Crippen LogP contribution in [0.2, 0.25) is 0 Å². The van der Waals surface area contributed by atoms with E-state index in [1.165, 1.54) is 27.8 Å². The van der Waals surface area contributed by atoms with Gasteiger partial charge in [0.05, 0.1) is 0 Å². The van der Waals surface area contributed by atoms with E-state index in [0.717, 1.165) is 37.8 Å². The molecule has 1 fully saturated rings. The zero-order valence-corrected chi connectivity index (χ0v) is 11.8. The van der Waals surface area contributed by atoms with Crippen LogP contribution in [-0.4, -0.2) is 5.91 Å². The van der Waals surface area contributed by atoms with Crippen molar-refractivity contribution < 1.29 is 4.79 Å². The van der Waals surface area contributed by atoms with Crippen LogP contribution in [0, 0.1) is 12.8 Å². The first-order valence-corrected chi connectivity index (χ1v) is 7.56. The van der Waals surface area contributed by atoms with E-state index in [-0.39, 0.29) is 11.8 Å². The van der Waals surface area contributed by atoms with Crippen molar-refractivity contribution in [3.05, 3.63) is 52.2 Å². The summed E-state index contributed by atoms with van der Waals surface area (Å²) in [4.78, 5) is 12.0. The molecule has 102 valence electrons. The molecule has 20 heavy (non-hydrogen) atoms. The first kappa shape index (κ1) is 12.0. The van der Waals surface area contributed by atoms with Gasteiger partial charge in [0.25, 0.3) is 0 Å². The largest absolute Gasteiger partial charge is 0.329 e. The summed E-state index contributed by atoms with van der Waals surface area (Å²) >= 11 is 0. The van der Waals surface area contributed by atoms with Crippen LogP contribution in [0.3, 0.4) is 0 Å². The number of aryl methyl sites for hydroxylation is 1. The molecular weight excluding hydrogens is 246 g/mol. The second kappa shape index (κ2) is 4.34. The van der Waals surface area contributed by atoms with Crippen molar-refractivity contribution in [2.45, 2.75) is 39.0 Å². The fraction of sp³-hybridized carbons (Fsp3) is 0.389. The van der Waals surface area contributed by atoms with Crippen molar-refractivity contribution in [3.63, 3.8) is 0 Å². The summed E-state index contributed by atoms with van der Waals surface area (Å²) in [5.41, 5.74) is 8.05. The number of carbonyl (C=O) groups excluding carboxylic acids is 1. The second-order valence-electron chi connectivity index (χ2n) is 6.16. The Hall–Kier alpha value is -1.83. The number of rotatable bonds is 2. The minimum Gasteiger partial charge on any atom is -0.329 e. The summed E-state index contributed by atoms with van der Waals surface area (Å²) in [5.74, 6) is 0.498. The smallest absolute Gasteiger partial charge is 0.227 e. The number of amides is 1. The van der Waals surface area contributed by atoms with Gasteiger partial charge in [0.1, 0.15) is 0 Å². The van der Waals surface area contributed by atoms with E-state index in [0.29, 0.717) is 0 Å². The monoisotopic (exact) mass is 265 g/mol. The van der Waals surface area contributed by atoms with E-state index < -0.39 is 0 Å². The third-order valence-electron chi connectivity index (χ3n) is 4.70. The average molecular weight is 265 g/mol. The van der Waals surface area contributed by atoms with E-state index in [9.17, 15) is 4.79 Å². The van der Waals surface area contributed by atoms with Gasteiger partial charge < -0.3 is 5.32 Å². The van der Waals surface area contributed by atoms with Crippen LogP contribution in [0.5, 0.6) is 0 Å². The van der Waals surface area contributed by atoms with E-state index in [2.05, 4.69) is 36.5 Å². The minimum absolute atomic E-state index is 0.226. The fourth-order valence-corrected chi connectivity index (χ4v) is 3.38. The SMILES string of the molecule is Cc1ccc2c3c1CCC(NC(=O)C1CC1)=C3C=CC2. The molecule has 0 aliphatic heterocycles. The first-order chi connectivity index (χ1) is 9.74. The molecular formula is C18H19NO. The summed E-state index contributed by atoms with van der Waals surface area (Å²) in [6.07, 6.45) is 9.55. The Balaban J connectivity index is 1.79. The summed E-state index contributed by atoms with van der Waals surface area (Å²) in [5, 5.41) is 3.19. The standard InChI is InChI=1S/C18H19NO/c1-11-5-6-12-3-2-4-15-16(10-9-14(11)17(12)15)19-18(20)13-7-8-13/h2,4-6,13H,3,7-10H2,1H3,(H,19,20). The fourth-order valence-electron chi connectivity index (χ4n) is 3.38. The third-order valence-corrected chi connectivity index (χ3v) is 4.70. The lowest BCUT2D eigenvalue weighted by molar-refractivity contribution is -0.121. The number of allylic oxidation sites excluding steroid dienone is 4. The molecule has 0 radical (unpaired) electrons. The molecule has 1 saturated carbocycles. The molecule has 3 aliphatic rings. The Morgan fingerprint density at radius 1 is 1.25 bits per heavy atom. The van der Waals surface area contributed by atoms with Crippen molar-refractivity contribution >= 4 is 11.5 Å². The first-order valence-electron chi connectivity index (χ1n) is 7.56. The van der Waals surface area contributed by atoms with Crippen LogP contribution in [0.4, 0.5) is 0 Å². The summed E-state index contributed by atoms with van der Waals surface area (Å²) in [6.45, 7) is 2.19. The predicted octanol–water partition coefficient (Wildman–Crippen LogP) is 3.29. The third kappa shape index (κ3) is 1.82. The molecule has 1 aromatic carbocycles. The molecule has 4 rings (SSSR count). The van der Waals surface area contributed by atoms with Crippen LogP contribution in [-0.2, 0) is 17.6 Å². The lowest BCUT2D eigenvalue weighted by Gasteiger charge is -2.28. The molecule has 1 N–H and O–H groups in total. The van der Waals surface area contributed by atoms with Crippen molar-refractivity contribution in [2.24, 2.45) is 5.92 Å². The highest BCUT2D eigenvalue weighted by Crippen LogP contribution is 2.38. The zero-order valence-electron chi connectivity index (χ0n) is 11.8. The lowest BCUT2D eigenvalue weighted by atomic mass is 9.80. The van der Waals surface area contributed by atoms with Crippen LogP contribution >= 0.6 is 0 Å². The maximum Gasteiger partial charge on any atom is 0.227 e. The summed E-state index contributed by atoms with van der Waals surface area (Å²) in [6, 6.07) is 4.47. The Morgan fingerprint density at radius 2 is 2.10 bits per heavy atom. The number of carbonyl (C=O) groups is 1. The van der Waals surface area contributed by atoms with Crippen LogP contribution in [0.25, 0.3) is 5.57 Å². The minimum atomic E-state index is 0.226. The average Bonchev–Trinajstić information content (AvgIpc) is 3.29. The molecule has 1 amide bonds. The predicted molar refractivity (Wildman–Crippen MR) is 80.1 cm³/mol. The van der Waals surface area contributed by atoms with Gasteiger partial charge in [-0.25, -0.2) is 0 Å². The van der Waals surface area contributed by atoms with Gasteiger partial charge in [-0.1, -0.05) is 24.3 Å². The van der Waals surface area contributed by atoms with Gasteiger partial charge in [0.15, 0.2) is 0 Å². The highest BCUT2D eigenvalue weighted by Gasteiger charge is 2.31. The Labute approximate surface area is 119 Å². The van der Waals surface area contributed by atoms with Crippen molar-refractivity contribution in [1.29, 1.82) is 0 Å². The van der Waals surface area contributed by atoms with Crippen molar-refractivity contribution in [2.75, 3.05) is 0 Å². The van der Waals surface area contributed by atoms with Gasteiger partial charge >= 0.3 is 0 Å². The summed E-state index contributed by atoms with van der Waals surface area (Å²) in [7, 11) is 0. The number of hydrogen-bond acceptors (Lipinski definition) is 1. The van der Waals surface area contributed by atoms with Crippen LogP contribution in [0.15, 0.2) is 30.0 Å². The lowest BCUT2D eigenvalue weighted by Crippen LogP contribution is -2.27. The van der Waals surface area contributed by atoms with Gasteiger partial charge in [-0.2, -0.15) is 0 Å². The highest BCUT2D eigenvalue weighted by atomic mass is 16.2. The number of nitrogens with one attached hydrogen (secondary N) is 1. The maximum absolute atomic E-state index is 12.0. The van der Waals surface area contributed by atoms with E-state index in [1.807, 2.05) is 0 Å². The topological polar surface area (TPSA) is 29.1 Å². The van der Waals surface area contributed by atoms with Crippen molar-refractivity contribution in [3.8, 4) is 0 Å². The quantitative estimate of drug-likeness (QED) is 0.873. The van der Waals surface area contributed by atoms with Gasteiger partial charge in [0.2, 0.25) is 5.91 Å². The molecule has 0 heterocycles. The molecule has 3 aliphatic carbocycles. The van der Waals surface area contributed by atoms with Gasteiger partial charge in [-0.15, -0.1) is 0 Å². The molecule has 0 atom stereocenters. The van der Waals surface area contributed by atoms with Gasteiger partial charge in [-0.05, 0) is 61.3 Å². The van der Waals surface area contributed by atoms with E-state index >= 15 is 0 Å². The molecule has 0 unspecified atom stereocenters. The molecule has 0 bridgehead atoms.